The molecular formula is C8H17F2NO. The van der Waals surface area contributed by atoms with Crippen LogP contribution in [0.5, 0.6) is 0 Å². The normalized spacial score (nSPS) is 15.2. The van der Waals surface area contributed by atoms with Crippen molar-refractivity contribution >= 4 is 0 Å². The molecule has 0 aliphatic carbocycles. The van der Waals surface area contributed by atoms with Crippen LogP contribution in [0.3, 0.4) is 0 Å². The minimum absolute atomic E-state index is 0.213. The Labute approximate surface area is 72.0 Å². The molecule has 0 spiro atoms. The monoisotopic (exact) mass is 181 g/mol. The second-order valence-electron chi connectivity index (χ2n) is 3.49. The number of alkyl halides is 2. The van der Waals surface area contributed by atoms with Crippen molar-refractivity contribution in [3.63, 3.8) is 0 Å². The molecule has 0 amide bonds. The molecule has 0 heterocycles. The van der Waals surface area contributed by atoms with Crippen molar-refractivity contribution in [2.75, 3.05) is 6.54 Å². The maximum Gasteiger partial charge on any atom is 0.247 e. The molecule has 2 nitrogen and oxygen atoms in total. The van der Waals surface area contributed by atoms with Gasteiger partial charge >= 0.3 is 0 Å². The predicted molar refractivity (Wildman–Crippen MR) is 44.4 cm³/mol. The topological polar surface area (TPSA) is 32.3 Å². The largest absolute Gasteiger partial charge is 0.392 e. The summed E-state index contributed by atoms with van der Waals surface area (Å²) < 4.78 is 24.6. The number of rotatable bonds is 5. The van der Waals surface area contributed by atoms with E-state index in [0.29, 0.717) is 0 Å². The first-order valence-electron chi connectivity index (χ1n) is 4.10. The summed E-state index contributed by atoms with van der Waals surface area (Å²) in [6.07, 6.45) is -1.44. The molecule has 0 bridgehead atoms. The van der Waals surface area contributed by atoms with E-state index in [9.17, 15) is 8.78 Å². The predicted octanol–water partition coefficient (Wildman–Crippen LogP) is 1.39. The molecule has 74 valence electrons. The summed E-state index contributed by atoms with van der Waals surface area (Å²) in [6, 6.07) is 0.213. The van der Waals surface area contributed by atoms with Crippen LogP contribution in [0, 0.1) is 0 Å². The molecule has 0 rings (SSSR count). The highest BCUT2D eigenvalue weighted by atomic mass is 19.3. The lowest BCUT2D eigenvalue weighted by Gasteiger charge is -2.17. The van der Waals surface area contributed by atoms with E-state index in [4.69, 9.17) is 5.11 Å². The molecule has 0 aromatic carbocycles. The quantitative estimate of drug-likeness (QED) is 0.671. The molecule has 4 heteroatoms. The van der Waals surface area contributed by atoms with Crippen molar-refractivity contribution in [2.24, 2.45) is 0 Å². The highest BCUT2D eigenvalue weighted by Crippen LogP contribution is 2.18. The van der Waals surface area contributed by atoms with E-state index < -0.39 is 18.4 Å². The molecule has 12 heavy (non-hydrogen) atoms. The Kier molecular flexibility index (Phi) is 4.63. The molecule has 0 aromatic heterocycles. The molecule has 0 aliphatic heterocycles. The van der Waals surface area contributed by atoms with Crippen LogP contribution in [-0.4, -0.2) is 29.7 Å². The molecule has 0 aromatic rings. The van der Waals surface area contributed by atoms with Crippen molar-refractivity contribution in [1.82, 2.24) is 5.32 Å². The minimum Gasteiger partial charge on any atom is -0.392 e. The van der Waals surface area contributed by atoms with Gasteiger partial charge in [-0.2, -0.15) is 0 Å². The zero-order chi connectivity index (χ0) is 9.78. The summed E-state index contributed by atoms with van der Waals surface area (Å²) in [4.78, 5) is 0. The summed E-state index contributed by atoms with van der Waals surface area (Å²) in [5.41, 5.74) is 0. The van der Waals surface area contributed by atoms with Gasteiger partial charge in [-0.1, -0.05) is 13.8 Å². The highest BCUT2D eigenvalue weighted by Gasteiger charge is 2.25. The molecule has 0 radical (unpaired) electrons. The van der Waals surface area contributed by atoms with Crippen LogP contribution in [0.25, 0.3) is 0 Å². The summed E-state index contributed by atoms with van der Waals surface area (Å²) in [6.45, 7) is 4.83. The molecule has 1 atom stereocenters. The molecule has 0 fully saturated rings. The number of aliphatic hydroxyl groups is 1. The number of nitrogens with one attached hydrogen (secondary N) is 1. The fourth-order valence-corrected chi connectivity index (χ4v) is 0.858. The SMILES string of the molecule is CC(C)NCC(O)CC(C)(F)F. The number of aliphatic hydroxyl groups excluding tert-OH is 1. The van der Waals surface area contributed by atoms with E-state index in [1.165, 1.54) is 0 Å². The van der Waals surface area contributed by atoms with Crippen molar-refractivity contribution in [3.05, 3.63) is 0 Å². The number of hydrogen-bond acceptors (Lipinski definition) is 2. The van der Waals surface area contributed by atoms with Gasteiger partial charge in [0.05, 0.1) is 6.10 Å². The lowest BCUT2D eigenvalue weighted by atomic mass is 10.1. The van der Waals surface area contributed by atoms with Crippen molar-refractivity contribution in [3.8, 4) is 0 Å². The average molecular weight is 181 g/mol. The zero-order valence-corrected chi connectivity index (χ0v) is 7.77. The Morgan fingerprint density at radius 2 is 1.92 bits per heavy atom. The third kappa shape index (κ3) is 7.88. The minimum atomic E-state index is -2.78. The van der Waals surface area contributed by atoms with Gasteiger partial charge in [0.25, 0.3) is 0 Å². The van der Waals surface area contributed by atoms with E-state index in [1.807, 2.05) is 13.8 Å². The Morgan fingerprint density at radius 1 is 1.42 bits per heavy atom. The van der Waals surface area contributed by atoms with E-state index >= 15 is 0 Å². The smallest absolute Gasteiger partial charge is 0.247 e. The lowest BCUT2D eigenvalue weighted by Crippen LogP contribution is -2.34. The zero-order valence-electron chi connectivity index (χ0n) is 7.77. The van der Waals surface area contributed by atoms with E-state index in [-0.39, 0.29) is 12.6 Å². The molecule has 1 unspecified atom stereocenters. The Bertz CT molecular complexity index is 123. The van der Waals surface area contributed by atoms with Crippen LogP contribution in [0.4, 0.5) is 8.78 Å². The maximum atomic E-state index is 12.3. The Morgan fingerprint density at radius 3 is 2.25 bits per heavy atom. The van der Waals surface area contributed by atoms with E-state index in [0.717, 1.165) is 6.92 Å². The van der Waals surface area contributed by atoms with Crippen molar-refractivity contribution in [2.45, 2.75) is 45.3 Å². The first-order chi connectivity index (χ1) is 5.31. The van der Waals surface area contributed by atoms with Gasteiger partial charge in [0.2, 0.25) is 5.92 Å². The second kappa shape index (κ2) is 4.72. The van der Waals surface area contributed by atoms with Gasteiger partial charge in [0, 0.05) is 19.0 Å². The lowest BCUT2D eigenvalue weighted by molar-refractivity contribution is -0.0273. The van der Waals surface area contributed by atoms with Gasteiger partial charge < -0.3 is 10.4 Å². The Balaban J connectivity index is 3.53. The standard InChI is InChI=1S/C8H17F2NO/c1-6(2)11-5-7(12)4-8(3,9)10/h6-7,11-12H,4-5H2,1-3H3. The first-order valence-corrected chi connectivity index (χ1v) is 4.10. The molecule has 2 N–H and O–H groups in total. The van der Waals surface area contributed by atoms with Crippen LogP contribution in [0.15, 0.2) is 0 Å². The van der Waals surface area contributed by atoms with Gasteiger partial charge in [-0.3, -0.25) is 0 Å². The molecular weight excluding hydrogens is 164 g/mol. The van der Waals surface area contributed by atoms with Crippen LogP contribution < -0.4 is 5.32 Å². The van der Waals surface area contributed by atoms with Crippen LogP contribution in [0.1, 0.15) is 27.2 Å². The van der Waals surface area contributed by atoms with Crippen LogP contribution in [-0.2, 0) is 0 Å². The molecule has 0 saturated heterocycles. The van der Waals surface area contributed by atoms with Gasteiger partial charge in [0.1, 0.15) is 0 Å². The number of halogens is 2. The first kappa shape index (κ1) is 11.8. The molecule has 0 aliphatic rings. The van der Waals surface area contributed by atoms with Crippen molar-refractivity contribution < 1.29 is 13.9 Å². The fraction of sp³-hybridized carbons (Fsp3) is 1.00. The number of hydrogen-bond donors (Lipinski definition) is 2. The second-order valence-corrected chi connectivity index (χ2v) is 3.49. The van der Waals surface area contributed by atoms with Gasteiger partial charge in [0.15, 0.2) is 0 Å². The third-order valence-electron chi connectivity index (χ3n) is 1.36. The summed E-state index contributed by atoms with van der Waals surface area (Å²) >= 11 is 0. The van der Waals surface area contributed by atoms with Crippen LogP contribution >= 0.6 is 0 Å². The van der Waals surface area contributed by atoms with E-state index in [1.54, 1.807) is 0 Å². The fourth-order valence-electron chi connectivity index (χ4n) is 0.858. The Hall–Kier alpha value is -0.220. The highest BCUT2D eigenvalue weighted by molar-refractivity contribution is 4.69. The van der Waals surface area contributed by atoms with E-state index in [2.05, 4.69) is 5.32 Å². The summed E-state index contributed by atoms with van der Waals surface area (Å²) in [5, 5.41) is 12.0. The van der Waals surface area contributed by atoms with Crippen molar-refractivity contribution in [1.29, 1.82) is 0 Å². The third-order valence-corrected chi connectivity index (χ3v) is 1.36. The maximum absolute atomic E-state index is 12.3. The molecule has 0 saturated carbocycles. The van der Waals surface area contributed by atoms with Crippen LogP contribution in [0.2, 0.25) is 0 Å². The summed E-state index contributed by atoms with van der Waals surface area (Å²) in [5.74, 6) is -2.78. The van der Waals surface area contributed by atoms with Gasteiger partial charge in [-0.05, 0) is 6.92 Å². The average Bonchev–Trinajstić information content (AvgIpc) is 1.79. The van der Waals surface area contributed by atoms with Gasteiger partial charge in [-0.15, -0.1) is 0 Å². The van der Waals surface area contributed by atoms with Gasteiger partial charge in [-0.25, -0.2) is 8.78 Å². The summed E-state index contributed by atoms with van der Waals surface area (Å²) in [7, 11) is 0.